The molecule has 6 nitrogen and oxygen atoms in total. The smallest absolute Gasteiger partial charge is 0.222 e. The summed E-state index contributed by atoms with van der Waals surface area (Å²) < 4.78 is 7.32. The second-order valence-electron chi connectivity index (χ2n) is 9.24. The molecule has 1 aliphatic carbocycles. The zero-order chi connectivity index (χ0) is 21.5. The SMILES string of the molecule is COc1ccc(C2(CN3CCC(NC(=O)CCn4ccnc4)CC3)CCCCC2)cc1. The highest BCUT2D eigenvalue weighted by Crippen LogP contribution is 2.41. The van der Waals surface area contributed by atoms with Crippen molar-refractivity contribution in [2.24, 2.45) is 0 Å². The van der Waals surface area contributed by atoms with Gasteiger partial charge in [0.05, 0.1) is 13.4 Å². The second kappa shape index (κ2) is 10.3. The van der Waals surface area contributed by atoms with Crippen LogP contribution >= 0.6 is 0 Å². The number of hydrogen-bond acceptors (Lipinski definition) is 4. The maximum Gasteiger partial charge on any atom is 0.222 e. The van der Waals surface area contributed by atoms with E-state index in [9.17, 15) is 4.79 Å². The topological polar surface area (TPSA) is 59.4 Å². The standard InChI is InChI=1S/C25H36N4O2/c1-31-23-7-5-21(6-8-23)25(12-3-2-4-13-25)19-28-15-9-22(10-16-28)27-24(30)11-17-29-18-14-26-20-29/h5-8,14,18,20,22H,2-4,9-13,15-17,19H2,1H3,(H,27,30). The minimum absolute atomic E-state index is 0.147. The molecule has 4 rings (SSSR count). The molecule has 1 aromatic carbocycles. The highest BCUT2D eigenvalue weighted by Gasteiger charge is 2.36. The van der Waals surface area contributed by atoms with Crippen LogP contribution in [0.2, 0.25) is 0 Å². The van der Waals surface area contributed by atoms with Gasteiger partial charge in [0.2, 0.25) is 5.91 Å². The van der Waals surface area contributed by atoms with Gasteiger partial charge in [-0.15, -0.1) is 0 Å². The first kappa shape index (κ1) is 21.9. The number of imidazole rings is 1. The fourth-order valence-electron chi connectivity index (χ4n) is 5.32. The largest absolute Gasteiger partial charge is 0.497 e. The number of aromatic nitrogens is 2. The number of nitrogens with zero attached hydrogens (tertiary/aromatic N) is 3. The van der Waals surface area contributed by atoms with E-state index in [2.05, 4.69) is 39.5 Å². The van der Waals surface area contributed by atoms with Gasteiger partial charge in [-0.25, -0.2) is 4.98 Å². The van der Waals surface area contributed by atoms with Gasteiger partial charge in [0.25, 0.3) is 0 Å². The summed E-state index contributed by atoms with van der Waals surface area (Å²) in [6, 6.07) is 9.07. The summed E-state index contributed by atoms with van der Waals surface area (Å²) in [5, 5.41) is 3.25. The van der Waals surface area contributed by atoms with Crippen molar-refractivity contribution in [3.63, 3.8) is 0 Å². The van der Waals surface area contributed by atoms with Crippen molar-refractivity contribution in [2.45, 2.75) is 69.4 Å². The van der Waals surface area contributed by atoms with Crippen LogP contribution in [0.4, 0.5) is 0 Å². The molecular formula is C25H36N4O2. The highest BCUT2D eigenvalue weighted by atomic mass is 16.5. The Bertz CT molecular complexity index is 805. The molecule has 1 amide bonds. The van der Waals surface area contributed by atoms with E-state index in [4.69, 9.17) is 4.74 Å². The van der Waals surface area contributed by atoms with Crippen molar-refractivity contribution < 1.29 is 9.53 Å². The van der Waals surface area contributed by atoms with Gasteiger partial charge >= 0.3 is 0 Å². The number of hydrogen-bond donors (Lipinski definition) is 1. The summed E-state index contributed by atoms with van der Waals surface area (Å²) >= 11 is 0. The summed E-state index contributed by atoms with van der Waals surface area (Å²) in [5.41, 5.74) is 1.72. The number of ether oxygens (including phenoxy) is 1. The van der Waals surface area contributed by atoms with Crippen molar-refractivity contribution in [3.8, 4) is 5.75 Å². The van der Waals surface area contributed by atoms with Crippen LogP contribution < -0.4 is 10.1 Å². The Labute approximate surface area is 186 Å². The molecule has 1 N–H and O–H groups in total. The van der Waals surface area contributed by atoms with E-state index in [0.717, 1.165) is 38.2 Å². The number of carbonyl (C=O) groups is 1. The first-order valence-corrected chi connectivity index (χ1v) is 11.8. The van der Waals surface area contributed by atoms with Crippen molar-refractivity contribution in [3.05, 3.63) is 48.5 Å². The lowest BCUT2D eigenvalue weighted by molar-refractivity contribution is -0.122. The molecule has 2 aliphatic rings. The van der Waals surface area contributed by atoms with Crippen LogP contribution in [-0.2, 0) is 16.8 Å². The first-order valence-electron chi connectivity index (χ1n) is 11.8. The molecule has 0 atom stereocenters. The molecule has 6 heteroatoms. The van der Waals surface area contributed by atoms with Gasteiger partial charge in [0.15, 0.2) is 0 Å². The van der Waals surface area contributed by atoms with Gasteiger partial charge in [0, 0.05) is 56.5 Å². The third-order valence-corrected chi connectivity index (χ3v) is 7.15. The Morgan fingerprint density at radius 2 is 1.90 bits per heavy atom. The van der Waals surface area contributed by atoms with Crippen LogP contribution in [0, 0.1) is 0 Å². The number of rotatable bonds is 8. The molecule has 0 spiro atoms. The van der Waals surface area contributed by atoms with Gasteiger partial charge in [-0.3, -0.25) is 4.79 Å². The number of nitrogens with one attached hydrogen (secondary N) is 1. The van der Waals surface area contributed by atoms with E-state index in [1.807, 2.05) is 10.8 Å². The maximum atomic E-state index is 12.3. The summed E-state index contributed by atoms with van der Waals surface area (Å²) in [4.78, 5) is 19.0. The fraction of sp³-hybridized carbons (Fsp3) is 0.600. The average Bonchev–Trinajstić information content (AvgIpc) is 3.34. The maximum absolute atomic E-state index is 12.3. The van der Waals surface area contributed by atoms with Gasteiger partial charge < -0.3 is 19.5 Å². The van der Waals surface area contributed by atoms with E-state index in [1.54, 1.807) is 19.6 Å². The predicted molar refractivity (Wildman–Crippen MR) is 122 cm³/mol. The quantitative estimate of drug-likeness (QED) is 0.701. The second-order valence-corrected chi connectivity index (χ2v) is 9.24. The van der Waals surface area contributed by atoms with E-state index >= 15 is 0 Å². The van der Waals surface area contributed by atoms with Crippen molar-refractivity contribution in [2.75, 3.05) is 26.7 Å². The number of piperidine rings is 1. The van der Waals surface area contributed by atoms with E-state index in [-0.39, 0.29) is 11.3 Å². The van der Waals surface area contributed by atoms with Gasteiger partial charge in [-0.1, -0.05) is 31.4 Å². The molecule has 1 aromatic heterocycles. The lowest BCUT2D eigenvalue weighted by Crippen LogP contribution is -2.49. The Balaban J connectivity index is 1.29. The number of aryl methyl sites for hydroxylation is 1. The van der Waals surface area contributed by atoms with Gasteiger partial charge in [0.1, 0.15) is 5.75 Å². The van der Waals surface area contributed by atoms with Crippen LogP contribution in [0.15, 0.2) is 43.0 Å². The molecule has 0 unspecified atom stereocenters. The molecule has 2 fully saturated rings. The van der Waals surface area contributed by atoms with Gasteiger partial charge in [-0.2, -0.15) is 0 Å². The third-order valence-electron chi connectivity index (χ3n) is 7.15. The molecule has 2 heterocycles. The Morgan fingerprint density at radius 3 is 2.55 bits per heavy atom. The Kier molecular flexibility index (Phi) is 7.28. The fourth-order valence-corrected chi connectivity index (χ4v) is 5.32. The van der Waals surface area contributed by atoms with Crippen molar-refractivity contribution >= 4 is 5.91 Å². The van der Waals surface area contributed by atoms with Crippen LogP contribution in [0.25, 0.3) is 0 Å². The lowest BCUT2D eigenvalue weighted by atomic mass is 9.69. The van der Waals surface area contributed by atoms with E-state index in [1.165, 1.54) is 37.7 Å². The number of benzene rings is 1. The molecule has 1 saturated carbocycles. The van der Waals surface area contributed by atoms with Crippen LogP contribution in [0.5, 0.6) is 5.75 Å². The molecule has 0 radical (unpaired) electrons. The molecule has 1 saturated heterocycles. The number of methoxy groups -OCH3 is 1. The Morgan fingerprint density at radius 1 is 1.16 bits per heavy atom. The zero-order valence-electron chi connectivity index (χ0n) is 18.8. The van der Waals surface area contributed by atoms with Crippen LogP contribution in [-0.4, -0.2) is 53.1 Å². The van der Waals surface area contributed by atoms with Crippen LogP contribution in [0.1, 0.15) is 56.9 Å². The van der Waals surface area contributed by atoms with Crippen LogP contribution in [0.3, 0.4) is 0 Å². The summed E-state index contributed by atoms with van der Waals surface area (Å²) in [6.07, 6.45) is 14.5. The summed E-state index contributed by atoms with van der Waals surface area (Å²) in [7, 11) is 1.73. The third kappa shape index (κ3) is 5.67. The van der Waals surface area contributed by atoms with E-state index < -0.39 is 0 Å². The zero-order valence-corrected chi connectivity index (χ0v) is 18.8. The minimum Gasteiger partial charge on any atom is -0.497 e. The average molecular weight is 425 g/mol. The molecular weight excluding hydrogens is 388 g/mol. The lowest BCUT2D eigenvalue weighted by Gasteiger charge is -2.44. The Hall–Kier alpha value is -2.34. The summed E-state index contributed by atoms with van der Waals surface area (Å²) in [6.45, 7) is 3.93. The van der Waals surface area contributed by atoms with Crippen molar-refractivity contribution in [1.29, 1.82) is 0 Å². The van der Waals surface area contributed by atoms with Gasteiger partial charge in [-0.05, 0) is 43.4 Å². The number of carbonyl (C=O) groups excluding carboxylic acids is 1. The molecule has 0 bridgehead atoms. The highest BCUT2D eigenvalue weighted by molar-refractivity contribution is 5.76. The number of likely N-dealkylation sites (tertiary alicyclic amines) is 1. The molecule has 1 aliphatic heterocycles. The normalized spacial score (nSPS) is 19.8. The minimum atomic E-state index is 0.147. The monoisotopic (exact) mass is 424 g/mol. The molecule has 168 valence electrons. The first-order chi connectivity index (χ1) is 15.2. The molecule has 2 aromatic rings. The summed E-state index contributed by atoms with van der Waals surface area (Å²) in [5.74, 6) is 1.08. The predicted octanol–water partition coefficient (Wildman–Crippen LogP) is 3.76. The molecule has 31 heavy (non-hydrogen) atoms. The van der Waals surface area contributed by atoms with Crippen molar-refractivity contribution in [1.82, 2.24) is 19.8 Å². The van der Waals surface area contributed by atoms with E-state index in [0.29, 0.717) is 19.0 Å². The number of amides is 1.